The van der Waals surface area contributed by atoms with Crippen LogP contribution in [-0.4, -0.2) is 36.9 Å². The summed E-state index contributed by atoms with van der Waals surface area (Å²) in [5, 5.41) is 13.8. The molecule has 1 heterocycles. The molecule has 0 bridgehead atoms. The SMILES string of the molecule is CC(O)C1CC(NCC2CCC2)CN(c2ccccc2)C1. The minimum atomic E-state index is -0.232. The number of aliphatic hydroxyl groups is 1. The molecular weight excluding hydrogens is 260 g/mol. The molecule has 116 valence electrons. The van der Waals surface area contributed by atoms with Crippen molar-refractivity contribution < 1.29 is 5.11 Å². The molecule has 0 amide bonds. The van der Waals surface area contributed by atoms with Gasteiger partial charge in [-0.05, 0) is 50.8 Å². The quantitative estimate of drug-likeness (QED) is 0.874. The second-order valence-corrected chi connectivity index (χ2v) is 6.88. The van der Waals surface area contributed by atoms with Crippen molar-refractivity contribution in [2.75, 3.05) is 24.5 Å². The van der Waals surface area contributed by atoms with E-state index in [2.05, 4.69) is 40.5 Å². The van der Waals surface area contributed by atoms with Crippen LogP contribution in [0.15, 0.2) is 30.3 Å². The first-order valence-corrected chi connectivity index (χ1v) is 8.44. The third-order valence-corrected chi connectivity index (χ3v) is 5.21. The molecule has 3 unspecified atom stereocenters. The molecule has 3 atom stereocenters. The number of anilines is 1. The van der Waals surface area contributed by atoms with Gasteiger partial charge in [0.2, 0.25) is 0 Å². The normalized spacial score (nSPS) is 28.2. The standard InChI is InChI=1S/C18H28N2O/c1-14(21)16-10-17(19-11-15-6-5-7-15)13-20(12-16)18-8-3-2-4-9-18/h2-4,8-9,14-17,19,21H,5-7,10-13H2,1H3. The van der Waals surface area contributed by atoms with E-state index in [9.17, 15) is 5.11 Å². The van der Waals surface area contributed by atoms with E-state index in [4.69, 9.17) is 0 Å². The second-order valence-electron chi connectivity index (χ2n) is 6.88. The van der Waals surface area contributed by atoms with Gasteiger partial charge in [0.25, 0.3) is 0 Å². The number of rotatable bonds is 5. The fraction of sp³-hybridized carbons (Fsp3) is 0.667. The zero-order valence-electron chi connectivity index (χ0n) is 13.0. The van der Waals surface area contributed by atoms with Crippen LogP contribution in [0.3, 0.4) is 0 Å². The van der Waals surface area contributed by atoms with E-state index in [-0.39, 0.29) is 6.10 Å². The molecule has 2 fully saturated rings. The lowest BCUT2D eigenvalue weighted by atomic mass is 9.84. The van der Waals surface area contributed by atoms with Crippen molar-refractivity contribution in [2.45, 2.75) is 44.8 Å². The molecule has 2 aliphatic rings. The molecule has 0 aromatic heterocycles. The Hall–Kier alpha value is -1.06. The van der Waals surface area contributed by atoms with Gasteiger partial charge in [-0.3, -0.25) is 0 Å². The molecule has 1 saturated carbocycles. The zero-order chi connectivity index (χ0) is 14.7. The van der Waals surface area contributed by atoms with Crippen LogP contribution < -0.4 is 10.2 Å². The van der Waals surface area contributed by atoms with E-state index < -0.39 is 0 Å². The molecule has 3 rings (SSSR count). The number of aliphatic hydroxyl groups excluding tert-OH is 1. The molecule has 1 aliphatic carbocycles. The Bertz CT molecular complexity index is 430. The Labute approximate surface area is 128 Å². The summed E-state index contributed by atoms with van der Waals surface area (Å²) < 4.78 is 0. The summed E-state index contributed by atoms with van der Waals surface area (Å²) in [6, 6.07) is 11.1. The Morgan fingerprint density at radius 1 is 1.24 bits per heavy atom. The summed E-state index contributed by atoms with van der Waals surface area (Å²) in [6.45, 7) is 5.10. The Morgan fingerprint density at radius 2 is 2.00 bits per heavy atom. The van der Waals surface area contributed by atoms with E-state index in [0.29, 0.717) is 12.0 Å². The molecule has 1 aromatic rings. The average molecular weight is 288 g/mol. The number of nitrogens with zero attached hydrogens (tertiary/aromatic N) is 1. The molecule has 3 nitrogen and oxygen atoms in total. The summed E-state index contributed by atoms with van der Waals surface area (Å²) in [5.41, 5.74) is 1.28. The lowest BCUT2D eigenvalue weighted by Crippen LogP contribution is -2.52. The number of para-hydroxylation sites is 1. The van der Waals surface area contributed by atoms with Crippen molar-refractivity contribution >= 4 is 5.69 Å². The fourth-order valence-electron chi connectivity index (χ4n) is 3.52. The van der Waals surface area contributed by atoms with E-state index >= 15 is 0 Å². The lowest BCUT2D eigenvalue weighted by Gasteiger charge is -2.41. The second kappa shape index (κ2) is 6.80. The van der Waals surface area contributed by atoms with Gasteiger partial charge in [-0.1, -0.05) is 24.6 Å². The average Bonchev–Trinajstić information content (AvgIpc) is 2.46. The van der Waals surface area contributed by atoms with Gasteiger partial charge in [-0.2, -0.15) is 0 Å². The van der Waals surface area contributed by atoms with Crippen molar-refractivity contribution in [1.82, 2.24) is 5.32 Å². The van der Waals surface area contributed by atoms with E-state index in [0.717, 1.165) is 32.0 Å². The Morgan fingerprint density at radius 3 is 2.62 bits per heavy atom. The highest BCUT2D eigenvalue weighted by Gasteiger charge is 2.30. The van der Waals surface area contributed by atoms with Crippen molar-refractivity contribution in [3.05, 3.63) is 30.3 Å². The minimum absolute atomic E-state index is 0.232. The van der Waals surface area contributed by atoms with Gasteiger partial charge in [0, 0.05) is 30.7 Å². The molecule has 0 radical (unpaired) electrons. The number of benzene rings is 1. The monoisotopic (exact) mass is 288 g/mol. The van der Waals surface area contributed by atoms with Gasteiger partial charge >= 0.3 is 0 Å². The van der Waals surface area contributed by atoms with E-state index in [1.807, 2.05) is 6.92 Å². The van der Waals surface area contributed by atoms with Gasteiger partial charge in [0.15, 0.2) is 0 Å². The summed E-state index contributed by atoms with van der Waals surface area (Å²) in [6.07, 6.45) is 5.05. The third kappa shape index (κ3) is 3.78. The largest absolute Gasteiger partial charge is 0.393 e. The van der Waals surface area contributed by atoms with Crippen molar-refractivity contribution in [3.8, 4) is 0 Å². The zero-order valence-corrected chi connectivity index (χ0v) is 13.0. The van der Waals surface area contributed by atoms with Gasteiger partial charge < -0.3 is 15.3 Å². The summed E-state index contributed by atoms with van der Waals surface area (Å²) in [5.74, 6) is 1.25. The summed E-state index contributed by atoms with van der Waals surface area (Å²) >= 11 is 0. The van der Waals surface area contributed by atoms with Gasteiger partial charge in [-0.25, -0.2) is 0 Å². The van der Waals surface area contributed by atoms with Crippen LogP contribution in [0, 0.1) is 11.8 Å². The Kier molecular flexibility index (Phi) is 4.81. The van der Waals surface area contributed by atoms with Crippen LogP contribution in [0.5, 0.6) is 0 Å². The molecule has 1 aliphatic heterocycles. The number of piperidine rings is 1. The molecule has 3 heteroatoms. The van der Waals surface area contributed by atoms with Crippen LogP contribution in [0.1, 0.15) is 32.6 Å². The van der Waals surface area contributed by atoms with Crippen LogP contribution in [0.2, 0.25) is 0 Å². The molecule has 0 spiro atoms. The minimum Gasteiger partial charge on any atom is -0.393 e. The first-order chi connectivity index (χ1) is 10.2. The van der Waals surface area contributed by atoms with Crippen molar-refractivity contribution in [1.29, 1.82) is 0 Å². The molecule has 1 aromatic carbocycles. The molecule has 2 N–H and O–H groups in total. The highest BCUT2D eigenvalue weighted by molar-refractivity contribution is 5.46. The predicted octanol–water partition coefficient (Wildman–Crippen LogP) is 2.65. The van der Waals surface area contributed by atoms with Gasteiger partial charge in [0.1, 0.15) is 0 Å². The number of hydrogen-bond acceptors (Lipinski definition) is 3. The Balaban J connectivity index is 1.63. The first kappa shape index (κ1) is 14.9. The predicted molar refractivity (Wildman–Crippen MR) is 87.6 cm³/mol. The summed E-state index contributed by atoms with van der Waals surface area (Å²) in [7, 11) is 0. The smallest absolute Gasteiger partial charge is 0.0557 e. The van der Waals surface area contributed by atoms with Crippen molar-refractivity contribution in [3.63, 3.8) is 0 Å². The van der Waals surface area contributed by atoms with E-state index in [1.54, 1.807) is 0 Å². The maximum absolute atomic E-state index is 10.0. The highest BCUT2D eigenvalue weighted by atomic mass is 16.3. The molecular formula is C18H28N2O. The van der Waals surface area contributed by atoms with Crippen LogP contribution in [0.25, 0.3) is 0 Å². The maximum atomic E-state index is 10.0. The maximum Gasteiger partial charge on any atom is 0.0557 e. The third-order valence-electron chi connectivity index (χ3n) is 5.21. The topological polar surface area (TPSA) is 35.5 Å². The molecule has 21 heavy (non-hydrogen) atoms. The van der Waals surface area contributed by atoms with Crippen LogP contribution in [0.4, 0.5) is 5.69 Å². The van der Waals surface area contributed by atoms with Crippen LogP contribution >= 0.6 is 0 Å². The number of hydrogen-bond donors (Lipinski definition) is 2. The van der Waals surface area contributed by atoms with E-state index in [1.165, 1.54) is 24.9 Å². The summed E-state index contributed by atoms with van der Waals surface area (Å²) in [4.78, 5) is 2.43. The first-order valence-electron chi connectivity index (χ1n) is 8.44. The van der Waals surface area contributed by atoms with Gasteiger partial charge in [0.05, 0.1) is 6.10 Å². The van der Waals surface area contributed by atoms with Crippen LogP contribution in [-0.2, 0) is 0 Å². The lowest BCUT2D eigenvalue weighted by molar-refractivity contribution is 0.104. The number of nitrogens with one attached hydrogen (secondary N) is 1. The molecule has 1 saturated heterocycles. The van der Waals surface area contributed by atoms with Crippen molar-refractivity contribution in [2.24, 2.45) is 11.8 Å². The van der Waals surface area contributed by atoms with Gasteiger partial charge in [-0.15, -0.1) is 0 Å². The fourth-order valence-corrected chi connectivity index (χ4v) is 3.52. The highest BCUT2D eigenvalue weighted by Crippen LogP contribution is 2.28.